The predicted molar refractivity (Wildman–Crippen MR) is 110 cm³/mol. The number of nitrogens with zero attached hydrogens (tertiary/aromatic N) is 2. The molecule has 1 heterocycles. The molecule has 28 heavy (non-hydrogen) atoms. The Bertz CT molecular complexity index is 987. The number of rotatable bonds is 7. The summed E-state index contributed by atoms with van der Waals surface area (Å²) in [4.78, 5) is 11.0. The van der Waals surface area contributed by atoms with Crippen molar-refractivity contribution in [2.75, 3.05) is 0 Å². The number of hydrogen-bond donors (Lipinski definition) is 1. The van der Waals surface area contributed by atoms with Crippen LogP contribution in [0, 0.1) is 0 Å². The zero-order chi connectivity index (χ0) is 19.5. The number of ether oxygens (including phenoxy) is 1. The first-order valence-electron chi connectivity index (χ1n) is 10.1. The highest BCUT2D eigenvalue weighted by atomic mass is 16.5. The summed E-state index contributed by atoms with van der Waals surface area (Å²) in [6.45, 7) is 2.91. The van der Waals surface area contributed by atoms with Gasteiger partial charge in [-0.1, -0.05) is 12.1 Å². The second-order valence-electron chi connectivity index (χ2n) is 7.51. The molecule has 4 rings (SSSR count). The van der Waals surface area contributed by atoms with E-state index in [1.165, 1.54) is 12.8 Å². The molecule has 0 unspecified atom stereocenters. The van der Waals surface area contributed by atoms with Crippen LogP contribution in [0.3, 0.4) is 0 Å². The quantitative estimate of drug-likeness (QED) is 0.624. The molecule has 0 aliphatic heterocycles. The van der Waals surface area contributed by atoms with Gasteiger partial charge in [-0.25, -0.2) is 0 Å². The monoisotopic (exact) mass is 378 g/mol. The number of aromatic nitrogens is 2. The molecular formula is C23H26N2O3. The topological polar surface area (TPSA) is 64.4 Å². The van der Waals surface area contributed by atoms with E-state index < -0.39 is 5.97 Å². The molecule has 146 valence electrons. The van der Waals surface area contributed by atoms with Crippen molar-refractivity contribution >= 4 is 16.9 Å². The van der Waals surface area contributed by atoms with E-state index in [1.54, 1.807) is 0 Å². The van der Waals surface area contributed by atoms with Crippen LogP contribution in [0.5, 0.6) is 5.75 Å². The molecule has 1 aliphatic rings. The zero-order valence-electron chi connectivity index (χ0n) is 16.2. The van der Waals surface area contributed by atoms with Crippen LogP contribution in [0.25, 0.3) is 22.0 Å². The van der Waals surface area contributed by atoms with Crippen LogP contribution in [0.2, 0.25) is 0 Å². The summed E-state index contributed by atoms with van der Waals surface area (Å²) in [5.41, 5.74) is 4.10. The van der Waals surface area contributed by atoms with Gasteiger partial charge in [0.05, 0.1) is 11.6 Å². The van der Waals surface area contributed by atoms with Crippen molar-refractivity contribution in [2.45, 2.75) is 58.1 Å². The van der Waals surface area contributed by atoms with Crippen LogP contribution >= 0.6 is 0 Å². The molecule has 5 nitrogen and oxygen atoms in total. The van der Waals surface area contributed by atoms with Gasteiger partial charge in [-0.3, -0.25) is 9.48 Å². The Morgan fingerprint density at radius 2 is 2.04 bits per heavy atom. The molecule has 0 radical (unpaired) electrons. The Balaban J connectivity index is 1.72. The van der Waals surface area contributed by atoms with Crippen molar-refractivity contribution in [3.05, 3.63) is 48.2 Å². The minimum absolute atomic E-state index is 0.130. The second kappa shape index (κ2) is 8.05. The molecule has 1 fully saturated rings. The van der Waals surface area contributed by atoms with Crippen molar-refractivity contribution < 1.29 is 14.6 Å². The molecule has 3 aromatic rings. The molecule has 1 saturated carbocycles. The number of benzene rings is 2. The lowest BCUT2D eigenvalue weighted by Gasteiger charge is -2.18. The minimum Gasteiger partial charge on any atom is -0.490 e. The SMILES string of the molecule is CCn1cc2cc(-c3cc(CCC(=O)O)ccc3OC3CCCC3)ccc2n1. The average Bonchev–Trinajstić information content (AvgIpc) is 3.35. The van der Waals surface area contributed by atoms with Crippen LogP contribution in [0.1, 0.15) is 44.6 Å². The van der Waals surface area contributed by atoms with Crippen LogP contribution in [-0.4, -0.2) is 27.0 Å². The number of carboxylic acid groups (broad SMARTS) is 1. The number of carboxylic acids is 1. The summed E-state index contributed by atoms with van der Waals surface area (Å²) in [7, 11) is 0. The lowest BCUT2D eigenvalue weighted by atomic mass is 9.98. The molecule has 0 spiro atoms. The van der Waals surface area contributed by atoms with Gasteiger partial charge in [-0.05, 0) is 74.4 Å². The molecule has 1 N–H and O–H groups in total. The minimum atomic E-state index is -0.777. The van der Waals surface area contributed by atoms with Gasteiger partial charge in [0.2, 0.25) is 0 Å². The molecule has 0 atom stereocenters. The van der Waals surface area contributed by atoms with Crippen molar-refractivity contribution in [3.8, 4) is 16.9 Å². The Morgan fingerprint density at radius 3 is 2.79 bits per heavy atom. The number of carbonyl (C=O) groups is 1. The summed E-state index contributed by atoms with van der Waals surface area (Å²) in [5, 5.41) is 14.7. The van der Waals surface area contributed by atoms with Gasteiger partial charge in [0.1, 0.15) is 5.75 Å². The summed E-state index contributed by atoms with van der Waals surface area (Å²) in [6, 6.07) is 12.3. The fourth-order valence-corrected chi connectivity index (χ4v) is 3.90. The zero-order valence-corrected chi connectivity index (χ0v) is 16.2. The van der Waals surface area contributed by atoms with E-state index in [9.17, 15) is 4.79 Å². The maximum absolute atomic E-state index is 11.0. The predicted octanol–water partition coefficient (Wildman–Crippen LogP) is 5.06. The molecule has 1 aromatic heterocycles. The number of hydrogen-bond acceptors (Lipinski definition) is 3. The van der Waals surface area contributed by atoms with Gasteiger partial charge >= 0.3 is 5.97 Å². The molecule has 2 aromatic carbocycles. The third-order valence-electron chi connectivity index (χ3n) is 5.45. The highest BCUT2D eigenvalue weighted by molar-refractivity contribution is 5.85. The van der Waals surface area contributed by atoms with E-state index >= 15 is 0 Å². The van der Waals surface area contributed by atoms with Gasteiger partial charge in [-0.15, -0.1) is 0 Å². The Labute approximate surface area is 164 Å². The van der Waals surface area contributed by atoms with Crippen LogP contribution in [-0.2, 0) is 17.8 Å². The molecule has 5 heteroatoms. The highest BCUT2D eigenvalue weighted by Crippen LogP contribution is 2.35. The smallest absolute Gasteiger partial charge is 0.303 e. The molecule has 0 bridgehead atoms. The van der Waals surface area contributed by atoms with Crippen LogP contribution in [0.4, 0.5) is 0 Å². The maximum Gasteiger partial charge on any atom is 0.303 e. The van der Waals surface area contributed by atoms with Crippen molar-refractivity contribution in [2.24, 2.45) is 0 Å². The molecule has 0 amide bonds. The molecule has 0 saturated heterocycles. The van der Waals surface area contributed by atoms with E-state index in [0.29, 0.717) is 6.42 Å². The van der Waals surface area contributed by atoms with Gasteiger partial charge in [-0.2, -0.15) is 5.10 Å². The van der Waals surface area contributed by atoms with E-state index in [2.05, 4.69) is 36.4 Å². The lowest BCUT2D eigenvalue weighted by Crippen LogP contribution is -2.11. The summed E-state index contributed by atoms with van der Waals surface area (Å²) < 4.78 is 8.28. The van der Waals surface area contributed by atoms with Gasteiger partial charge in [0.15, 0.2) is 0 Å². The summed E-state index contributed by atoms with van der Waals surface area (Å²) in [6.07, 6.45) is 7.62. The maximum atomic E-state index is 11.0. The van der Waals surface area contributed by atoms with Crippen molar-refractivity contribution in [1.82, 2.24) is 9.78 Å². The van der Waals surface area contributed by atoms with E-state index in [4.69, 9.17) is 9.84 Å². The van der Waals surface area contributed by atoms with Crippen LogP contribution in [0.15, 0.2) is 42.6 Å². The van der Waals surface area contributed by atoms with E-state index in [1.807, 2.05) is 22.9 Å². The molecular weight excluding hydrogens is 352 g/mol. The van der Waals surface area contributed by atoms with E-state index in [0.717, 1.165) is 52.7 Å². The average molecular weight is 378 g/mol. The second-order valence-corrected chi connectivity index (χ2v) is 7.51. The fourth-order valence-electron chi connectivity index (χ4n) is 3.90. The summed E-state index contributed by atoms with van der Waals surface area (Å²) >= 11 is 0. The first-order valence-corrected chi connectivity index (χ1v) is 10.1. The van der Waals surface area contributed by atoms with Gasteiger partial charge in [0.25, 0.3) is 0 Å². The Hall–Kier alpha value is -2.82. The largest absolute Gasteiger partial charge is 0.490 e. The third kappa shape index (κ3) is 4.03. The first kappa shape index (κ1) is 18.5. The van der Waals surface area contributed by atoms with Crippen LogP contribution < -0.4 is 4.74 Å². The Morgan fingerprint density at radius 1 is 1.21 bits per heavy atom. The normalized spacial score (nSPS) is 14.6. The van der Waals surface area contributed by atoms with Gasteiger partial charge in [0, 0.05) is 30.1 Å². The highest BCUT2D eigenvalue weighted by Gasteiger charge is 2.19. The van der Waals surface area contributed by atoms with Crippen molar-refractivity contribution in [1.29, 1.82) is 0 Å². The lowest BCUT2D eigenvalue weighted by molar-refractivity contribution is -0.136. The van der Waals surface area contributed by atoms with Gasteiger partial charge < -0.3 is 9.84 Å². The fraction of sp³-hybridized carbons (Fsp3) is 0.391. The number of aliphatic carboxylic acids is 1. The summed E-state index contributed by atoms with van der Waals surface area (Å²) in [5.74, 6) is 0.106. The first-order chi connectivity index (χ1) is 13.6. The number of aryl methyl sites for hydroxylation is 2. The third-order valence-corrected chi connectivity index (χ3v) is 5.45. The number of fused-ring (bicyclic) bond motifs is 1. The standard InChI is InChI=1S/C23H26N2O3/c1-2-25-15-18-14-17(9-10-21(18)24-25)20-13-16(8-12-23(26)27)7-11-22(20)28-19-5-3-4-6-19/h7,9-11,13-15,19H,2-6,8,12H2,1H3,(H,26,27). The molecule has 1 aliphatic carbocycles. The van der Waals surface area contributed by atoms with E-state index in [-0.39, 0.29) is 12.5 Å². The Kier molecular flexibility index (Phi) is 5.33. The van der Waals surface area contributed by atoms with Crippen molar-refractivity contribution in [3.63, 3.8) is 0 Å².